The van der Waals surface area contributed by atoms with Gasteiger partial charge in [0.2, 0.25) is 0 Å². The summed E-state index contributed by atoms with van der Waals surface area (Å²) in [5.41, 5.74) is 0. The molecule has 0 amide bonds. The number of hydrogen-bond acceptors (Lipinski definition) is 3. The standard InChI is InChI=1S/C7H14O3/c1-4-3-6(8)7(9)5(2)10-4/h4-9H,3H2,1-2H3/t4?,5-,6?,7-/m1/s1. The molecule has 0 aliphatic carbocycles. The summed E-state index contributed by atoms with van der Waals surface area (Å²) in [5, 5.41) is 18.4. The summed E-state index contributed by atoms with van der Waals surface area (Å²) < 4.78 is 5.26. The van der Waals surface area contributed by atoms with Gasteiger partial charge in [0.15, 0.2) is 0 Å². The van der Waals surface area contributed by atoms with Crippen molar-refractivity contribution in [3.8, 4) is 0 Å². The lowest BCUT2D eigenvalue weighted by atomic mass is 10.00. The zero-order valence-electron chi connectivity index (χ0n) is 6.32. The number of hydrogen-bond donors (Lipinski definition) is 2. The molecule has 0 radical (unpaired) electrons. The lowest BCUT2D eigenvalue weighted by molar-refractivity contribution is -0.156. The predicted molar refractivity (Wildman–Crippen MR) is 36.6 cm³/mol. The molecule has 2 N–H and O–H groups in total. The molecular weight excluding hydrogens is 132 g/mol. The maximum absolute atomic E-state index is 9.19. The normalized spacial score (nSPS) is 49.2. The van der Waals surface area contributed by atoms with Gasteiger partial charge in [-0.1, -0.05) is 0 Å². The number of rotatable bonds is 0. The van der Waals surface area contributed by atoms with Crippen molar-refractivity contribution < 1.29 is 14.9 Å². The zero-order valence-corrected chi connectivity index (χ0v) is 6.32. The maximum Gasteiger partial charge on any atom is 0.106 e. The molecule has 0 aromatic heterocycles. The summed E-state index contributed by atoms with van der Waals surface area (Å²) in [6, 6.07) is 0. The van der Waals surface area contributed by atoms with Crippen molar-refractivity contribution in [3.05, 3.63) is 0 Å². The van der Waals surface area contributed by atoms with Crippen LogP contribution in [0, 0.1) is 0 Å². The molecule has 3 heteroatoms. The Kier molecular flexibility index (Phi) is 2.28. The molecular formula is C7H14O3. The second kappa shape index (κ2) is 2.86. The van der Waals surface area contributed by atoms with Crippen LogP contribution in [0.3, 0.4) is 0 Å². The molecule has 3 nitrogen and oxygen atoms in total. The molecule has 1 fully saturated rings. The van der Waals surface area contributed by atoms with E-state index < -0.39 is 12.2 Å². The van der Waals surface area contributed by atoms with Gasteiger partial charge in [0.05, 0.1) is 18.3 Å². The molecule has 0 saturated carbocycles. The molecule has 0 aromatic carbocycles. The molecule has 60 valence electrons. The number of aliphatic hydroxyl groups excluding tert-OH is 2. The molecule has 1 heterocycles. The van der Waals surface area contributed by atoms with E-state index in [-0.39, 0.29) is 12.2 Å². The highest BCUT2D eigenvalue weighted by Crippen LogP contribution is 2.19. The van der Waals surface area contributed by atoms with E-state index in [2.05, 4.69) is 0 Å². The molecule has 1 aliphatic heterocycles. The number of aliphatic hydroxyl groups is 2. The van der Waals surface area contributed by atoms with Crippen LogP contribution < -0.4 is 0 Å². The van der Waals surface area contributed by atoms with Crippen LogP contribution in [0.5, 0.6) is 0 Å². The van der Waals surface area contributed by atoms with Crippen molar-refractivity contribution in [2.24, 2.45) is 0 Å². The third kappa shape index (κ3) is 1.48. The fourth-order valence-corrected chi connectivity index (χ4v) is 1.29. The van der Waals surface area contributed by atoms with Gasteiger partial charge in [-0.2, -0.15) is 0 Å². The molecule has 4 atom stereocenters. The van der Waals surface area contributed by atoms with Crippen molar-refractivity contribution >= 4 is 0 Å². The molecule has 1 aliphatic rings. The van der Waals surface area contributed by atoms with Crippen molar-refractivity contribution in [3.63, 3.8) is 0 Å². The Morgan fingerprint density at radius 3 is 2.40 bits per heavy atom. The van der Waals surface area contributed by atoms with Crippen LogP contribution in [0.15, 0.2) is 0 Å². The van der Waals surface area contributed by atoms with Crippen LogP contribution >= 0.6 is 0 Å². The Morgan fingerprint density at radius 1 is 1.30 bits per heavy atom. The Morgan fingerprint density at radius 2 is 1.90 bits per heavy atom. The average Bonchev–Trinajstić information content (AvgIpc) is 1.82. The second-order valence-electron chi connectivity index (χ2n) is 2.95. The topological polar surface area (TPSA) is 49.7 Å². The lowest BCUT2D eigenvalue weighted by Crippen LogP contribution is -2.45. The summed E-state index contributed by atoms with van der Waals surface area (Å²) in [4.78, 5) is 0. The molecule has 2 unspecified atom stereocenters. The summed E-state index contributed by atoms with van der Waals surface area (Å²) in [6.45, 7) is 3.66. The van der Waals surface area contributed by atoms with Gasteiger partial charge in [0, 0.05) is 6.42 Å². The van der Waals surface area contributed by atoms with E-state index in [1.54, 1.807) is 6.92 Å². The second-order valence-corrected chi connectivity index (χ2v) is 2.95. The van der Waals surface area contributed by atoms with Gasteiger partial charge in [-0.3, -0.25) is 0 Å². The Balaban J connectivity index is 2.49. The highest BCUT2D eigenvalue weighted by atomic mass is 16.5. The van der Waals surface area contributed by atoms with Gasteiger partial charge in [0.1, 0.15) is 6.10 Å². The molecule has 0 bridgehead atoms. The summed E-state index contributed by atoms with van der Waals surface area (Å²) in [5.74, 6) is 0. The van der Waals surface area contributed by atoms with Crippen LogP contribution in [0.2, 0.25) is 0 Å². The number of ether oxygens (including phenoxy) is 1. The van der Waals surface area contributed by atoms with Gasteiger partial charge >= 0.3 is 0 Å². The van der Waals surface area contributed by atoms with Gasteiger partial charge in [-0.15, -0.1) is 0 Å². The van der Waals surface area contributed by atoms with E-state index in [0.717, 1.165) is 0 Å². The first kappa shape index (κ1) is 7.98. The predicted octanol–water partition coefficient (Wildman–Crippen LogP) is -0.0945. The van der Waals surface area contributed by atoms with E-state index in [0.29, 0.717) is 6.42 Å². The fraction of sp³-hybridized carbons (Fsp3) is 1.00. The monoisotopic (exact) mass is 146 g/mol. The molecule has 0 aromatic rings. The van der Waals surface area contributed by atoms with Crippen molar-refractivity contribution in [2.75, 3.05) is 0 Å². The SMILES string of the molecule is CC1CC(O)[C@H](O)[C@@H](C)O1. The highest BCUT2D eigenvalue weighted by molar-refractivity contribution is 4.80. The maximum atomic E-state index is 9.19. The van der Waals surface area contributed by atoms with Crippen LogP contribution in [0.4, 0.5) is 0 Å². The third-order valence-electron chi connectivity index (χ3n) is 1.90. The Bertz CT molecular complexity index is 103. The zero-order chi connectivity index (χ0) is 7.72. The minimum atomic E-state index is -0.712. The summed E-state index contributed by atoms with van der Waals surface area (Å²) in [6.07, 6.45) is -0.965. The largest absolute Gasteiger partial charge is 0.390 e. The van der Waals surface area contributed by atoms with E-state index in [1.807, 2.05) is 6.92 Å². The first-order valence-corrected chi connectivity index (χ1v) is 3.63. The molecule has 0 spiro atoms. The first-order chi connectivity index (χ1) is 4.61. The van der Waals surface area contributed by atoms with E-state index in [9.17, 15) is 10.2 Å². The molecule has 1 rings (SSSR count). The molecule has 1 saturated heterocycles. The summed E-state index contributed by atoms with van der Waals surface area (Å²) >= 11 is 0. The van der Waals surface area contributed by atoms with Crippen LogP contribution in [0.1, 0.15) is 20.3 Å². The van der Waals surface area contributed by atoms with Gasteiger partial charge in [-0.25, -0.2) is 0 Å². The van der Waals surface area contributed by atoms with Gasteiger partial charge in [-0.05, 0) is 13.8 Å². The first-order valence-electron chi connectivity index (χ1n) is 3.63. The highest BCUT2D eigenvalue weighted by Gasteiger charge is 2.31. The Labute approximate surface area is 60.6 Å². The van der Waals surface area contributed by atoms with E-state index >= 15 is 0 Å². The van der Waals surface area contributed by atoms with Gasteiger partial charge in [0.25, 0.3) is 0 Å². The van der Waals surface area contributed by atoms with Crippen molar-refractivity contribution in [1.29, 1.82) is 0 Å². The average molecular weight is 146 g/mol. The van der Waals surface area contributed by atoms with Crippen molar-refractivity contribution in [2.45, 2.75) is 44.7 Å². The third-order valence-corrected chi connectivity index (χ3v) is 1.90. The van der Waals surface area contributed by atoms with E-state index in [4.69, 9.17) is 4.74 Å². The minimum absolute atomic E-state index is 0.0633. The van der Waals surface area contributed by atoms with Crippen LogP contribution in [-0.2, 0) is 4.74 Å². The lowest BCUT2D eigenvalue weighted by Gasteiger charge is -2.33. The Hall–Kier alpha value is -0.120. The fourth-order valence-electron chi connectivity index (χ4n) is 1.29. The van der Waals surface area contributed by atoms with E-state index in [1.165, 1.54) is 0 Å². The van der Waals surface area contributed by atoms with Crippen LogP contribution in [0.25, 0.3) is 0 Å². The van der Waals surface area contributed by atoms with Crippen LogP contribution in [-0.4, -0.2) is 34.6 Å². The smallest absolute Gasteiger partial charge is 0.106 e. The molecule has 10 heavy (non-hydrogen) atoms. The minimum Gasteiger partial charge on any atom is -0.390 e. The quantitative estimate of drug-likeness (QED) is 0.502. The van der Waals surface area contributed by atoms with Crippen molar-refractivity contribution in [1.82, 2.24) is 0 Å². The van der Waals surface area contributed by atoms with Gasteiger partial charge < -0.3 is 14.9 Å². The summed E-state index contributed by atoms with van der Waals surface area (Å²) in [7, 11) is 0.